The molecule has 0 aliphatic heterocycles. The Morgan fingerprint density at radius 2 is 1.89 bits per heavy atom. The lowest BCUT2D eigenvalue weighted by Gasteiger charge is -2.23. The quantitative estimate of drug-likeness (QED) is 0.744. The van der Waals surface area contributed by atoms with Gasteiger partial charge >= 0.3 is 0 Å². The normalized spacial score (nSPS) is 19.1. The Morgan fingerprint density at radius 1 is 1.16 bits per heavy atom. The Labute approximate surface area is 118 Å². The van der Waals surface area contributed by atoms with E-state index >= 15 is 0 Å². The van der Waals surface area contributed by atoms with Crippen LogP contribution in [0.15, 0.2) is 24.3 Å². The Morgan fingerprint density at radius 3 is 2.53 bits per heavy atom. The molecule has 1 aliphatic rings. The lowest BCUT2D eigenvalue weighted by molar-refractivity contribution is 0.368. The molecule has 1 aromatic rings. The number of aryl methyl sites for hydroxylation is 1. The van der Waals surface area contributed by atoms with Crippen molar-refractivity contribution in [1.29, 1.82) is 0 Å². The minimum absolute atomic E-state index is 0.537. The molecule has 0 amide bonds. The molecule has 0 bridgehead atoms. The zero-order chi connectivity index (χ0) is 13.5. The largest absolute Gasteiger partial charge is 0.313 e. The van der Waals surface area contributed by atoms with Crippen molar-refractivity contribution in [2.75, 3.05) is 7.05 Å². The first kappa shape index (κ1) is 14.6. The van der Waals surface area contributed by atoms with Gasteiger partial charge in [0.2, 0.25) is 0 Å². The topological polar surface area (TPSA) is 12.0 Å². The van der Waals surface area contributed by atoms with Crippen molar-refractivity contribution in [3.63, 3.8) is 0 Å². The van der Waals surface area contributed by atoms with Crippen LogP contribution in [0.5, 0.6) is 0 Å². The highest BCUT2D eigenvalue weighted by Gasteiger charge is 2.18. The van der Waals surface area contributed by atoms with Gasteiger partial charge < -0.3 is 5.32 Å². The SMILES string of the molecule is CCc1cccc(C(CC2CCCCCC2)NC)c1. The highest BCUT2D eigenvalue weighted by molar-refractivity contribution is 5.26. The van der Waals surface area contributed by atoms with E-state index in [9.17, 15) is 0 Å². The summed E-state index contributed by atoms with van der Waals surface area (Å²) in [6.07, 6.45) is 11.1. The van der Waals surface area contributed by atoms with Gasteiger partial charge in [-0.25, -0.2) is 0 Å². The average Bonchev–Trinajstić information content (AvgIpc) is 2.73. The number of hydrogen-bond acceptors (Lipinski definition) is 1. The van der Waals surface area contributed by atoms with E-state index in [0.29, 0.717) is 6.04 Å². The first-order valence-electron chi connectivity index (χ1n) is 8.09. The molecule has 19 heavy (non-hydrogen) atoms. The number of nitrogens with one attached hydrogen (secondary N) is 1. The standard InChI is InChI=1S/C18H29N/c1-3-15-11-8-12-17(13-15)18(19-2)14-16-9-6-4-5-7-10-16/h8,11-13,16,18-19H,3-7,9-10,14H2,1-2H3. The van der Waals surface area contributed by atoms with Crippen LogP contribution in [0.3, 0.4) is 0 Å². The molecule has 0 radical (unpaired) electrons. The van der Waals surface area contributed by atoms with E-state index in [4.69, 9.17) is 0 Å². The van der Waals surface area contributed by atoms with Gasteiger partial charge in [-0.2, -0.15) is 0 Å². The molecular weight excluding hydrogens is 230 g/mol. The Hall–Kier alpha value is -0.820. The van der Waals surface area contributed by atoms with Crippen LogP contribution in [-0.2, 0) is 6.42 Å². The van der Waals surface area contributed by atoms with Crippen LogP contribution in [0.1, 0.15) is 69.0 Å². The summed E-state index contributed by atoms with van der Waals surface area (Å²) in [6.45, 7) is 2.23. The molecule has 1 N–H and O–H groups in total. The molecule has 1 unspecified atom stereocenters. The van der Waals surface area contributed by atoms with E-state index in [1.165, 1.54) is 56.1 Å². The highest BCUT2D eigenvalue weighted by Crippen LogP contribution is 2.31. The Balaban J connectivity index is 2.01. The maximum Gasteiger partial charge on any atom is 0.0320 e. The summed E-state index contributed by atoms with van der Waals surface area (Å²) in [6, 6.07) is 9.66. The van der Waals surface area contributed by atoms with Crippen molar-refractivity contribution in [3.8, 4) is 0 Å². The second-order valence-electron chi connectivity index (χ2n) is 6.03. The Kier molecular flexibility index (Phi) is 5.91. The van der Waals surface area contributed by atoms with E-state index in [1.54, 1.807) is 0 Å². The van der Waals surface area contributed by atoms with Crippen molar-refractivity contribution in [2.24, 2.45) is 5.92 Å². The lowest BCUT2D eigenvalue weighted by Crippen LogP contribution is -2.20. The average molecular weight is 259 g/mol. The van der Waals surface area contributed by atoms with Crippen LogP contribution >= 0.6 is 0 Å². The summed E-state index contributed by atoms with van der Waals surface area (Å²) in [5, 5.41) is 3.54. The molecule has 0 spiro atoms. The van der Waals surface area contributed by atoms with Gasteiger partial charge in [0.1, 0.15) is 0 Å². The summed E-state index contributed by atoms with van der Waals surface area (Å²) >= 11 is 0. The van der Waals surface area contributed by atoms with E-state index in [0.717, 1.165) is 12.3 Å². The van der Waals surface area contributed by atoms with Gasteiger partial charge in [-0.3, -0.25) is 0 Å². The molecule has 1 fully saturated rings. The van der Waals surface area contributed by atoms with Gasteiger partial charge in [0, 0.05) is 6.04 Å². The van der Waals surface area contributed by atoms with Crippen molar-refractivity contribution in [1.82, 2.24) is 5.32 Å². The van der Waals surface area contributed by atoms with Gasteiger partial charge in [-0.1, -0.05) is 69.7 Å². The molecule has 0 saturated heterocycles. The molecule has 1 heteroatoms. The maximum absolute atomic E-state index is 3.54. The fourth-order valence-corrected chi connectivity index (χ4v) is 3.38. The summed E-state index contributed by atoms with van der Waals surface area (Å²) in [5.41, 5.74) is 2.93. The highest BCUT2D eigenvalue weighted by atomic mass is 14.9. The first-order chi connectivity index (χ1) is 9.33. The van der Waals surface area contributed by atoms with Gasteiger partial charge in [0.05, 0.1) is 0 Å². The van der Waals surface area contributed by atoms with Gasteiger partial charge in [-0.15, -0.1) is 0 Å². The third-order valence-electron chi connectivity index (χ3n) is 4.65. The fraction of sp³-hybridized carbons (Fsp3) is 0.667. The second-order valence-corrected chi connectivity index (χ2v) is 6.03. The molecule has 1 atom stereocenters. The van der Waals surface area contributed by atoms with Crippen LogP contribution in [0, 0.1) is 5.92 Å². The van der Waals surface area contributed by atoms with Crippen molar-refractivity contribution >= 4 is 0 Å². The van der Waals surface area contributed by atoms with Crippen LogP contribution in [0.25, 0.3) is 0 Å². The monoisotopic (exact) mass is 259 g/mol. The van der Waals surface area contributed by atoms with Crippen molar-refractivity contribution in [3.05, 3.63) is 35.4 Å². The van der Waals surface area contributed by atoms with Gasteiger partial charge in [0.15, 0.2) is 0 Å². The third-order valence-corrected chi connectivity index (χ3v) is 4.65. The summed E-state index contributed by atoms with van der Waals surface area (Å²) < 4.78 is 0. The van der Waals surface area contributed by atoms with E-state index < -0.39 is 0 Å². The predicted octanol–water partition coefficient (Wildman–Crippen LogP) is 4.87. The van der Waals surface area contributed by atoms with Crippen molar-refractivity contribution in [2.45, 2.75) is 64.3 Å². The molecule has 1 aromatic carbocycles. The molecular formula is C18H29N. The first-order valence-corrected chi connectivity index (χ1v) is 8.09. The number of rotatable bonds is 5. The van der Waals surface area contributed by atoms with Crippen molar-refractivity contribution < 1.29 is 0 Å². The molecule has 0 aromatic heterocycles. The molecule has 106 valence electrons. The summed E-state index contributed by atoms with van der Waals surface area (Å²) in [4.78, 5) is 0. The smallest absolute Gasteiger partial charge is 0.0320 e. The molecule has 1 nitrogen and oxygen atoms in total. The maximum atomic E-state index is 3.54. The zero-order valence-electron chi connectivity index (χ0n) is 12.6. The van der Waals surface area contributed by atoms with Gasteiger partial charge in [0.25, 0.3) is 0 Å². The molecule has 0 heterocycles. The van der Waals surface area contributed by atoms with Gasteiger partial charge in [-0.05, 0) is 36.9 Å². The van der Waals surface area contributed by atoms with Crippen LogP contribution in [-0.4, -0.2) is 7.05 Å². The number of hydrogen-bond donors (Lipinski definition) is 1. The summed E-state index contributed by atoms with van der Waals surface area (Å²) in [7, 11) is 2.11. The molecule has 1 aliphatic carbocycles. The third kappa shape index (κ3) is 4.35. The predicted molar refractivity (Wildman–Crippen MR) is 83.4 cm³/mol. The second kappa shape index (κ2) is 7.69. The van der Waals surface area contributed by atoms with E-state index in [-0.39, 0.29) is 0 Å². The summed E-state index contributed by atoms with van der Waals surface area (Å²) in [5.74, 6) is 0.922. The van der Waals surface area contributed by atoms with Crippen LogP contribution < -0.4 is 5.32 Å². The molecule has 2 rings (SSSR count). The lowest BCUT2D eigenvalue weighted by atomic mass is 9.89. The molecule has 1 saturated carbocycles. The van der Waals surface area contributed by atoms with Crippen LogP contribution in [0.2, 0.25) is 0 Å². The number of benzene rings is 1. The zero-order valence-corrected chi connectivity index (χ0v) is 12.6. The fourth-order valence-electron chi connectivity index (χ4n) is 3.38. The Bertz CT molecular complexity index is 364. The minimum Gasteiger partial charge on any atom is -0.313 e. The van der Waals surface area contributed by atoms with Crippen LogP contribution in [0.4, 0.5) is 0 Å². The van der Waals surface area contributed by atoms with E-state index in [2.05, 4.69) is 43.6 Å². The van der Waals surface area contributed by atoms with E-state index in [1.807, 2.05) is 0 Å². The minimum atomic E-state index is 0.537.